The molecule has 0 aromatic heterocycles. The number of hydrogen-bond acceptors (Lipinski definition) is 4. The van der Waals surface area contributed by atoms with Crippen LogP contribution in [0.3, 0.4) is 0 Å². The quantitative estimate of drug-likeness (QED) is 0.672. The smallest absolute Gasteiger partial charge is 0.245 e. The first-order valence-electron chi connectivity index (χ1n) is 9.90. The zero-order chi connectivity index (χ0) is 19.6. The van der Waals surface area contributed by atoms with Gasteiger partial charge in [-0.15, -0.1) is 0 Å². The van der Waals surface area contributed by atoms with Crippen LogP contribution in [0.2, 0.25) is 0 Å². The standard InChI is InChI=1S/C21H33N3O3/c1-17(2)16-19(21(26)24-13-11-23(3)12-14-24)22-20(25)10-7-15-27-18-8-5-4-6-9-18/h4-6,8-9,17,19H,7,10-16H2,1-3H3,(H,22,25)/t19-/m1/s1. The molecule has 150 valence electrons. The molecule has 0 spiro atoms. The molecule has 1 N–H and O–H groups in total. The number of para-hydroxylation sites is 1. The van der Waals surface area contributed by atoms with Gasteiger partial charge in [-0.25, -0.2) is 0 Å². The third-order valence-corrected chi connectivity index (χ3v) is 4.72. The van der Waals surface area contributed by atoms with Crippen LogP contribution in [0.25, 0.3) is 0 Å². The maximum Gasteiger partial charge on any atom is 0.245 e. The van der Waals surface area contributed by atoms with Crippen molar-refractivity contribution in [1.82, 2.24) is 15.1 Å². The summed E-state index contributed by atoms with van der Waals surface area (Å²) in [6, 6.07) is 9.13. The molecule has 2 rings (SSSR count). The Bertz CT molecular complexity index is 584. The molecule has 1 heterocycles. The maximum absolute atomic E-state index is 12.9. The summed E-state index contributed by atoms with van der Waals surface area (Å²) in [5, 5.41) is 2.96. The van der Waals surface area contributed by atoms with Gasteiger partial charge in [0.1, 0.15) is 11.8 Å². The summed E-state index contributed by atoms with van der Waals surface area (Å²) < 4.78 is 5.62. The normalized spacial score (nSPS) is 16.2. The van der Waals surface area contributed by atoms with Gasteiger partial charge in [0.15, 0.2) is 0 Å². The fourth-order valence-corrected chi connectivity index (χ4v) is 3.15. The second-order valence-electron chi connectivity index (χ2n) is 7.64. The molecule has 1 aliphatic heterocycles. The predicted octanol–water partition coefficient (Wildman–Crippen LogP) is 2.15. The van der Waals surface area contributed by atoms with Gasteiger partial charge in [-0.1, -0.05) is 32.0 Å². The Kier molecular flexibility index (Phi) is 8.58. The topological polar surface area (TPSA) is 61.9 Å². The van der Waals surface area contributed by atoms with Crippen molar-refractivity contribution in [1.29, 1.82) is 0 Å². The van der Waals surface area contributed by atoms with Gasteiger partial charge in [0, 0.05) is 32.6 Å². The average Bonchev–Trinajstić information content (AvgIpc) is 2.65. The largest absolute Gasteiger partial charge is 0.494 e. The van der Waals surface area contributed by atoms with Gasteiger partial charge >= 0.3 is 0 Å². The molecular formula is C21H33N3O3. The van der Waals surface area contributed by atoms with Crippen molar-refractivity contribution in [2.45, 2.75) is 39.2 Å². The third-order valence-electron chi connectivity index (χ3n) is 4.72. The fraction of sp³-hybridized carbons (Fsp3) is 0.619. The van der Waals surface area contributed by atoms with Gasteiger partial charge in [0.2, 0.25) is 11.8 Å². The molecule has 1 saturated heterocycles. The Hall–Kier alpha value is -2.08. The van der Waals surface area contributed by atoms with Gasteiger partial charge in [0.05, 0.1) is 6.61 Å². The van der Waals surface area contributed by atoms with E-state index in [1.54, 1.807) is 0 Å². The third kappa shape index (κ3) is 7.59. The molecule has 1 fully saturated rings. The van der Waals surface area contributed by atoms with Crippen molar-refractivity contribution >= 4 is 11.8 Å². The maximum atomic E-state index is 12.9. The van der Waals surface area contributed by atoms with Gasteiger partial charge < -0.3 is 19.9 Å². The number of nitrogens with one attached hydrogen (secondary N) is 1. The Morgan fingerprint density at radius 2 is 1.78 bits per heavy atom. The Labute approximate surface area is 162 Å². The molecule has 1 aliphatic rings. The van der Waals surface area contributed by atoms with Crippen molar-refractivity contribution in [3.8, 4) is 5.75 Å². The molecule has 0 unspecified atom stereocenters. The van der Waals surface area contributed by atoms with Gasteiger partial charge in [0.25, 0.3) is 0 Å². The van der Waals surface area contributed by atoms with Crippen molar-refractivity contribution in [3.05, 3.63) is 30.3 Å². The van der Waals surface area contributed by atoms with Crippen LogP contribution in [0, 0.1) is 5.92 Å². The first-order chi connectivity index (χ1) is 13.0. The fourth-order valence-electron chi connectivity index (χ4n) is 3.15. The monoisotopic (exact) mass is 375 g/mol. The molecule has 1 aromatic rings. The highest BCUT2D eigenvalue weighted by molar-refractivity contribution is 5.87. The highest BCUT2D eigenvalue weighted by Gasteiger charge is 2.28. The second kappa shape index (κ2) is 10.9. The predicted molar refractivity (Wildman–Crippen MR) is 107 cm³/mol. The molecule has 2 amide bonds. The van der Waals surface area contributed by atoms with Crippen LogP contribution in [0.15, 0.2) is 30.3 Å². The van der Waals surface area contributed by atoms with Crippen molar-refractivity contribution in [2.75, 3.05) is 39.8 Å². The van der Waals surface area contributed by atoms with Gasteiger partial charge in [-0.2, -0.15) is 0 Å². The number of ether oxygens (including phenoxy) is 1. The molecule has 0 aliphatic carbocycles. The summed E-state index contributed by atoms with van der Waals surface area (Å²) in [4.78, 5) is 29.3. The minimum absolute atomic E-state index is 0.0469. The van der Waals surface area contributed by atoms with E-state index in [4.69, 9.17) is 4.74 Å². The van der Waals surface area contributed by atoms with Crippen LogP contribution in [-0.2, 0) is 9.59 Å². The van der Waals surface area contributed by atoms with E-state index in [-0.39, 0.29) is 11.8 Å². The molecule has 27 heavy (non-hydrogen) atoms. The van der Waals surface area contributed by atoms with Gasteiger partial charge in [-0.3, -0.25) is 9.59 Å². The van der Waals surface area contributed by atoms with Crippen LogP contribution in [0.4, 0.5) is 0 Å². The van der Waals surface area contributed by atoms with E-state index in [9.17, 15) is 9.59 Å². The van der Waals surface area contributed by atoms with Gasteiger partial charge in [-0.05, 0) is 37.9 Å². The lowest BCUT2D eigenvalue weighted by molar-refractivity contribution is -0.138. The van der Waals surface area contributed by atoms with E-state index in [0.717, 1.165) is 31.9 Å². The summed E-state index contributed by atoms with van der Waals surface area (Å²) in [7, 11) is 2.06. The lowest BCUT2D eigenvalue weighted by atomic mass is 10.0. The number of carbonyl (C=O) groups is 2. The summed E-state index contributed by atoms with van der Waals surface area (Å²) in [6.45, 7) is 7.85. The van der Waals surface area contributed by atoms with Crippen LogP contribution in [0.5, 0.6) is 5.75 Å². The van der Waals surface area contributed by atoms with E-state index in [1.807, 2.05) is 35.2 Å². The van der Waals surface area contributed by atoms with Crippen LogP contribution in [0.1, 0.15) is 33.1 Å². The number of benzene rings is 1. The highest BCUT2D eigenvalue weighted by atomic mass is 16.5. The average molecular weight is 376 g/mol. The van der Waals surface area contributed by atoms with E-state index in [0.29, 0.717) is 31.8 Å². The van der Waals surface area contributed by atoms with Crippen LogP contribution < -0.4 is 10.1 Å². The lowest BCUT2D eigenvalue weighted by Gasteiger charge is -2.35. The summed E-state index contributed by atoms with van der Waals surface area (Å²) in [6.07, 6.45) is 1.65. The Morgan fingerprint density at radius 3 is 2.41 bits per heavy atom. The van der Waals surface area contributed by atoms with E-state index >= 15 is 0 Å². The number of nitrogens with zero attached hydrogens (tertiary/aromatic N) is 2. The first-order valence-corrected chi connectivity index (χ1v) is 9.90. The number of likely N-dealkylation sites (N-methyl/N-ethyl adjacent to an activating group) is 1. The molecular weight excluding hydrogens is 342 g/mol. The number of amides is 2. The molecule has 6 nitrogen and oxygen atoms in total. The van der Waals surface area contributed by atoms with Crippen LogP contribution in [-0.4, -0.2) is 67.5 Å². The van der Waals surface area contributed by atoms with Crippen molar-refractivity contribution in [2.24, 2.45) is 5.92 Å². The molecule has 0 bridgehead atoms. The molecule has 0 radical (unpaired) electrons. The number of hydrogen-bond donors (Lipinski definition) is 1. The molecule has 0 saturated carbocycles. The number of piperazine rings is 1. The zero-order valence-corrected chi connectivity index (χ0v) is 16.8. The zero-order valence-electron chi connectivity index (χ0n) is 16.8. The molecule has 1 aromatic carbocycles. The van der Waals surface area contributed by atoms with E-state index in [1.165, 1.54) is 0 Å². The number of rotatable bonds is 9. The summed E-state index contributed by atoms with van der Waals surface area (Å²) in [5.41, 5.74) is 0. The van der Waals surface area contributed by atoms with Crippen LogP contribution >= 0.6 is 0 Å². The first kappa shape index (κ1) is 21.2. The Morgan fingerprint density at radius 1 is 1.11 bits per heavy atom. The number of carbonyl (C=O) groups excluding carboxylic acids is 2. The van der Waals surface area contributed by atoms with E-state index in [2.05, 4.69) is 31.1 Å². The molecule has 6 heteroatoms. The lowest BCUT2D eigenvalue weighted by Crippen LogP contribution is -2.54. The molecule has 1 atom stereocenters. The minimum Gasteiger partial charge on any atom is -0.494 e. The van der Waals surface area contributed by atoms with Crippen molar-refractivity contribution < 1.29 is 14.3 Å². The second-order valence-corrected chi connectivity index (χ2v) is 7.64. The minimum atomic E-state index is -0.434. The SMILES string of the molecule is CC(C)C[C@@H](NC(=O)CCCOc1ccccc1)C(=O)N1CCN(C)CC1. The van der Waals surface area contributed by atoms with E-state index < -0.39 is 6.04 Å². The summed E-state index contributed by atoms with van der Waals surface area (Å²) >= 11 is 0. The highest BCUT2D eigenvalue weighted by Crippen LogP contribution is 2.11. The Balaban J connectivity index is 1.78. The summed E-state index contributed by atoms with van der Waals surface area (Å²) in [5.74, 6) is 1.11. The van der Waals surface area contributed by atoms with Crippen molar-refractivity contribution in [3.63, 3.8) is 0 Å².